The van der Waals surface area contributed by atoms with Gasteiger partial charge in [-0.05, 0) is 17.5 Å². The van der Waals surface area contributed by atoms with Gasteiger partial charge in [0, 0.05) is 13.1 Å². The summed E-state index contributed by atoms with van der Waals surface area (Å²) in [6, 6.07) is 21.5. The fraction of sp³-hybridized carbons (Fsp3) is 0.278. The molecule has 2 aromatic carbocycles. The number of nitrogens with zero attached hydrogens (tertiary/aromatic N) is 2. The first-order valence-electron chi connectivity index (χ1n) is 7.48. The molecule has 21 heavy (non-hydrogen) atoms. The zero-order valence-electron chi connectivity index (χ0n) is 11.9. The first-order valence-corrected chi connectivity index (χ1v) is 7.48. The predicted octanol–water partition coefficient (Wildman–Crippen LogP) is 3.27. The van der Waals surface area contributed by atoms with E-state index >= 15 is 0 Å². The number of carbonyl (C=O) groups excluding carboxylic acids is 1. The first kappa shape index (κ1) is 12.5. The van der Waals surface area contributed by atoms with Crippen molar-refractivity contribution in [2.24, 2.45) is 0 Å². The summed E-state index contributed by atoms with van der Waals surface area (Å²) >= 11 is 0. The molecule has 1 saturated carbocycles. The van der Waals surface area contributed by atoms with Crippen LogP contribution >= 0.6 is 0 Å². The summed E-state index contributed by atoms with van der Waals surface area (Å²) in [4.78, 5) is 16.7. The Kier molecular flexibility index (Phi) is 2.92. The summed E-state index contributed by atoms with van der Waals surface area (Å²) in [6.45, 7) is 1.46. The van der Waals surface area contributed by atoms with Crippen molar-refractivity contribution >= 4 is 6.03 Å². The van der Waals surface area contributed by atoms with Crippen LogP contribution < -0.4 is 0 Å². The summed E-state index contributed by atoms with van der Waals surface area (Å²) in [7, 11) is 0. The third kappa shape index (κ3) is 2.29. The van der Waals surface area contributed by atoms with Crippen LogP contribution in [0.2, 0.25) is 0 Å². The smallest absolute Gasteiger partial charge is 0.315 e. The van der Waals surface area contributed by atoms with Gasteiger partial charge in [0.2, 0.25) is 0 Å². The van der Waals surface area contributed by atoms with Crippen molar-refractivity contribution in [2.75, 3.05) is 0 Å². The molecule has 3 nitrogen and oxygen atoms in total. The lowest BCUT2D eigenvalue weighted by Gasteiger charge is -2.23. The van der Waals surface area contributed by atoms with Crippen LogP contribution in [0.25, 0.3) is 0 Å². The molecule has 1 aliphatic heterocycles. The number of fused-ring (bicyclic) bond motifs is 1. The van der Waals surface area contributed by atoms with Crippen molar-refractivity contribution in [3.63, 3.8) is 0 Å². The Morgan fingerprint density at radius 3 is 1.62 bits per heavy atom. The average Bonchev–Trinajstić information content (AvgIpc) is 3.27. The maximum atomic E-state index is 12.6. The summed E-state index contributed by atoms with van der Waals surface area (Å²) in [5.41, 5.74) is 2.41. The van der Waals surface area contributed by atoms with Gasteiger partial charge in [0.25, 0.3) is 0 Å². The molecule has 4 rings (SSSR count). The van der Waals surface area contributed by atoms with Crippen LogP contribution in [0.5, 0.6) is 0 Å². The van der Waals surface area contributed by atoms with E-state index in [1.54, 1.807) is 0 Å². The summed E-state index contributed by atoms with van der Waals surface area (Å²) in [6.07, 6.45) is 1.12. The van der Waals surface area contributed by atoms with E-state index in [1.807, 2.05) is 46.2 Å². The zero-order valence-corrected chi connectivity index (χ0v) is 11.9. The van der Waals surface area contributed by atoms with Gasteiger partial charge in [-0.15, -0.1) is 0 Å². The maximum Gasteiger partial charge on any atom is 0.321 e. The number of amides is 2. The summed E-state index contributed by atoms with van der Waals surface area (Å²) in [5.74, 6) is 0. The van der Waals surface area contributed by atoms with Gasteiger partial charge < -0.3 is 9.80 Å². The van der Waals surface area contributed by atoms with Crippen LogP contribution in [-0.2, 0) is 13.1 Å². The lowest BCUT2D eigenvalue weighted by molar-refractivity contribution is 0.172. The second-order valence-corrected chi connectivity index (χ2v) is 5.88. The Morgan fingerprint density at radius 2 is 1.19 bits per heavy atom. The van der Waals surface area contributed by atoms with Gasteiger partial charge in [-0.25, -0.2) is 4.79 Å². The Balaban J connectivity index is 1.49. The van der Waals surface area contributed by atoms with Gasteiger partial charge in [0.1, 0.15) is 0 Å². The van der Waals surface area contributed by atoms with Gasteiger partial charge >= 0.3 is 6.03 Å². The monoisotopic (exact) mass is 278 g/mol. The molecule has 0 N–H and O–H groups in total. The second kappa shape index (κ2) is 4.92. The standard InChI is InChI=1S/C18H18N2O/c21-18-19(12-14-7-3-1-4-8-14)16-11-17(16)20(18)13-15-9-5-2-6-10-15/h1-10,16-17H,11-13H2. The molecular weight excluding hydrogens is 260 g/mol. The molecule has 1 saturated heterocycles. The number of benzene rings is 2. The van der Waals surface area contributed by atoms with Crippen molar-refractivity contribution in [1.29, 1.82) is 0 Å². The average molecular weight is 278 g/mol. The van der Waals surface area contributed by atoms with E-state index in [2.05, 4.69) is 24.3 Å². The molecule has 0 spiro atoms. The molecule has 2 aliphatic rings. The summed E-state index contributed by atoms with van der Waals surface area (Å²) < 4.78 is 0. The molecule has 1 heterocycles. The van der Waals surface area contributed by atoms with E-state index in [9.17, 15) is 4.79 Å². The Morgan fingerprint density at radius 1 is 0.762 bits per heavy atom. The minimum Gasteiger partial charge on any atom is -0.315 e. The van der Waals surface area contributed by atoms with Crippen molar-refractivity contribution in [1.82, 2.24) is 9.80 Å². The fourth-order valence-corrected chi connectivity index (χ4v) is 3.22. The van der Waals surface area contributed by atoms with Gasteiger partial charge in [-0.1, -0.05) is 60.7 Å². The lowest BCUT2D eigenvalue weighted by Crippen LogP contribution is -2.36. The highest BCUT2D eigenvalue weighted by Crippen LogP contribution is 2.42. The quantitative estimate of drug-likeness (QED) is 0.842. The van der Waals surface area contributed by atoms with Crippen molar-refractivity contribution < 1.29 is 4.79 Å². The van der Waals surface area contributed by atoms with Crippen LogP contribution in [0.4, 0.5) is 4.79 Å². The maximum absolute atomic E-state index is 12.6. The van der Waals surface area contributed by atoms with Crippen molar-refractivity contribution in [3.8, 4) is 0 Å². The first-order chi connectivity index (χ1) is 10.3. The topological polar surface area (TPSA) is 23.6 Å². The third-order valence-corrected chi connectivity index (χ3v) is 4.41. The van der Waals surface area contributed by atoms with E-state index in [-0.39, 0.29) is 6.03 Å². The van der Waals surface area contributed by atoms with E-state index in [1.165, 1.54) is 11.1 Å². The molecule has 0 aromatic heterocycles. The number of carbonyl (C=O) groups is 1. The van der Waals surface area contributed by atoms with Crippen LogP contribution in [0.1, 0.15) is 17.5 Å². The summed E-state index contributed by atoms with van der Waals surface area (Å²) in [5, 5.41) is 0. The van der Waals surface area contributed by atoms with Gasteiger partial charge in [0.15, 0.2) is 0 Å². The number of hydrogen-bond acceptors (Lipinski definition) is 1. The molecule has 106 valence electrons. The number of urea groups is 1. The minimum absolute atomic E-state index is 0.184. The van der Waals surface area contributed by atoms with Crippen LogP contribution in [0.3, 0.4) is 0 Å². The predicted molar refractivity (Wildman–Crippen MR) is 81.6 cm³/mol. The molecule has 1 aliphatic carbocycles. The lowest BCUT2D eigenvalue weighted by atomic mass is 10.2. The SMILES string of the molecule is O=C1N(Cc2ccccc2)C2CC2N1Cc1ccccc1. The van der Waals surface area contributed by atoms with E-state index in [0.717, 1.165) is 19.5 Å². The van der Waals surface area contributed by atoms with Crippen molar-refractivity contribution in [3.05, 3.63) is 71.8 Å². The molecule has 2 atom stereocenters. The van der Waals surface area contributed by atoms with E-state index in [0.29, 0.717) is 12.1 Å². The van der Waals surface area contributed by atoms with Crippen molar-refractivity contribution in [2.45, 2.75) is 31.6 Å². The van der Waals surface area contributed by atoms with Gasteiger partial charge in [-0.2, -0.15) is 0 Å². The molecule has 2 fully saturated rings. The van der Waals surface area contributed by atoms with Crippen LogP contribution in [-0.4, -0.2) is 27.9 Å². The second-order valence-electron chi connectivity index (χ2n) is 5.88. The minimum atomic E-state index is 0.184. The highest BCUT2D eigenvalue weighted by atomic mass is 16.2. The van der Waals surface area contributed by atoms with E-state index < -0.39 is 0 Å². The van der Waals surface area contributed by atoms with Gasteiger partial charge in [0.05, 0.1) is 12.1 Å². The normalized spacial score (nSPS) is 23.3. The molecule has 0 bridgehead atoms. The number of rotatable bonds is 4. The van der Waals surface area contributed by atoms with Gasteiger partial charge in [-0.3, -0.25) is 0 Å². The molecular formula is C18H18N2O. The molecule has 2 amide bonds. The molecule has 0 radical (unpaired) electrons. The Labute approximate surface area is 124 Å². The number of hydrogen-bond donors (Lipinski definition) is 0. The Bertz CT molecular complexity index is 585. The molecule has 2 unspecified atom stereocenters. The zero-order chi connectivity index (χ0) is 14.2. The molecule has 3 heteroatoms. The highest BCUT2D eigenvalue weighted by Gasteiger charge is 2.56. The van der Waals surface area contributed by atoms with Crippen LogP contribution in [0, 0.1) is 0 Å². The highest BCUT2D eigenvalue weighted by molar-refractivity contribution is 5.79. The largest absolute Gasteiger partial charge is 0.321 e. The fourth-order valence-electron chi connectivity index (χ4n) is 3.22. The Hall–Kier alpha value is -2.29. The third-order valence-electron chi connectivity index (χ3n) is 4.41. The van der Waals surface area contributed by atoms with E-state index in [4.69, 9.17) is 0 Å². The van der Waals surface area contributed by atoms with Crippen LogP contribution in [0.15, 0.2) is 60.7 Å². The molecule has 2 aromatic rings.